The summed E-state index contributed by atoms with van der Waals surface area (Å²) in [5, 5.41) is 12.5. The van der Waals surface area contributed by atoms with Crippen molar-refractivity contribution in [1.82, 2.24) is 9.78 Å². The maximum atomic E-state index is 8.74. The molecule has 0 amide bonds. The lowest BCUT2D eigenvalue weighted by Gasteiger charge is -1.99. The van der Waals surface area contributed by atoms with Gasteiger partial charge in [0.05, 0.1) is 35.6 Å². The average Bonchev–Trinajstić information content (AvgIpc) is 2.86. The van der Waals surface area contributed by atoms with Gasteiger partial charge in [0.2, 0.25) is 0 Å². The van der Waals surface area contributed by atoms with Crippen LogP contribution in [0.4, 0.5) is 5.82 Å². The van der Waals surface area contributed by atoms with Gasteiger partial charge in [-0.3, -0.25) is 9.11 Å². The highest BCUT2D eigenvalue weighted by Gasteiger charge is 2.10. The van der Waals surface area contributed by atoms with E-state index in [2.05, 4.69) is 10.1 Å². The Kier molecular flexibility index (Phi) is 5.15. The summed E-state index contributed by atoms with van der Waals surface area (Å²) in [5.74, 6) is 1.07. The monoisotopic (exact) mass is 299 g/mol. The topological polar surface area (TPSA) is 130 Å². The predicted molar refractivity (Wildman–Crippen MR) is 69.0 cm³/mol. The SMILES string of the molecule is COc1ccc(-n2ccc([N+]#N)n2)cc1.O=S(=O)(O)O. The van der Waals surface area contributed by atoms with Gasteiger partial charge < -0.3 is 4.74 Å². The van der Waals surface area contributed by atoms with E-state index < -0.39 is 10.4 Å². The molecule has 1 aromatic heterocycles. The zero-order valence-corrected chi connectivity index (χ0v) is 11.1. The van der Waals surface area contributed by atoms with Gasteiger partial charge in [0.25, 0.3) is 0 Å². The van der Waals surface area contributed by atoms with Crippen LogP contribution in [-0.2, 0) is 10.4 Å². The molecule has 0 fully saturated rings. The van der Waals surface area contributed by atoms with Gasteiger partial charge in [0, 0.05) is 4.98 Å². The highest BCUT2D eigenvalue weighted by molar-refractivity contribution is 7.79. The van der Waals surface area contributed by atoms with Crippen molar-refractivity contribution in [2.45, 2.75) is 0 Å². The van der Waals surface area contributed by atoms with E-state index in [1.54, 1.807) is 24.1 Å². The number of rotatable bonds is 2. The van der Waals surface area contributed by atoms with E-state index in [9.17, 15) is 0 Å². The molecule has 106 valence electrons. The van der Waals surface area contributed by atoms with E-state index in [1.807, 2.05) is 24.3 Å². The molecule has 20 heavy (non-hydrogen) atoms. The molecule has 0 saturated carbocycles. The van der Waals surface area contributed by atoms with Crippen LogP contribution < -0.4 is 4.74 Å². The Bertz CT molecular complexity index is 694. The molecular formula is C10H11N4O5S+. The van der Waals surface area contributed by atoms with Crippen LogP contribution in [0.2, 0.25) is 0 Å². The van der Waals surface area contributed by atoms with Crippen LogP contribution in [0.25, 0.3) is 10.7 Å². The quantitative estimate of drug-likeness (QED) is 0.637. The van der Waals surface area contributed by atoms with E-state index in [4.69, 9.17) is 27.7 Å². The highest BCUT2D eigenvalue weighted by Crippen LogP contribution is 2.16. The number of hydrogen-bond acceptors (Lipinski definition) is 5. The zero-order chi connectivity index (χ0) is 15.2. The molecular weight excluding hydrogens is 288 g/mol. The Morgan fingerprint density at radius 1 is 1.25 bits per heavy atom. The second-order valence-electron chi connectivity index (χ2n) is 3.36. The summed E-state index contributed by atoms with van der Waals surface area (Å²) in [6, 6.07) is 9.03. The zero-order valence-electron chi connectivity index (χ0n) is 10.3. The Balaban J connectivity index is 0.000000347. The van der Waals surface area contributed by atoms with E-state index in [1.165, 1.54) is 0 Å². The summed E-state index contributed by atoms with van der Waals surface area (Å²) in [5.41, 5.74) is 0.880. The first kappa shape index (κ1) is 15.6. The molecule has 0 aliphatic heterocycles. The van der Waals surface area contributed by atoms with Crippen LogP contribution in [0.3, 0.4) is 0 Å². The molecule has 0 aliphatic carbocycles. The Hall–Kier alpha value is -2.48. The molecule has 0 aliphatic rings. The molecule has 0 atom stereocenters. The molecule has 0 saturated heterocycles. The van der Waals surface area contributed by atoms with Gasteiger partial charge in [0.15, 0.2) is 0 Å². The summed E-state index contributed by atoms with van der Waals surface area (Å²) in [6.07, 6.45) is 1.72. The van der Waals surface area contributed by atoms with Crippen molar-refractivity contribution in [3.8, 4) is 11.4 Å². The number of nitrogens with zero attached hydrogens (tertiary/aromatic N) is 4. The first-order valence-electron chi connectivity index (χ1n) is 5.08. The van der Waals surface area contributed by atoms with E-state index >= 15 is 0 Å². The first-order chi connectivity index (χ1) is 9.33. The van der Waals surface area contributed by atoms with Crippen LogP contribution >= 0.6 is 0 Å². The van der Waals surface area contributed by atoms with Crippen LogP contribution in [0.5, 0.6) is 5.75 Å². The summed E-state index contributed by atoms with van der Waals surface area (Å²) < 4.78 is 38.2. The molecule has 9 nitrogen and oxygen atoms in total. The number of methoxy groups -OCH3 is 1. The first-order valence-corrected chi connectivity index (χ1v) is 6.48. The molecule has 10 heteroatoms. The van der Waals surface area contributed by atoms with Crippen molar-refractivity contribution >= 4 is 16.2 Å². The van der Waals surface area contributed by atoms with E-state index in [0.29, 0.717) is 0 Å². The van der Waals surface area contributed by atoms with Gasteiger partial charge in [0.1, 0.15) is 5.75 Å². The van der Waals surface area contributed by atoms with Gasteiger partial charge in [-0.25, -0.2) is 0 Å². The fraction of sp³-hybridized carbons (Fsp3) is 0.100. The summed E-state index contributed by atoms with van der Waals surface area (Å²) in [4.78, 5) is 2.99. The minimum atomic E-state index is -4.67. The fourth-order valence-electron chi connectivity index (χ4n) is 1.25. The lowest BCUT2D eigenvalue weighted by atomic mass is 10.3. The van der Waals surface area contributed by atoms with Crippen molar-refractivity contribution in [3.05, 3.63) is 41.5 Å². The van der Waals surface area contributed by atoms with Gasteiger partial charge in [-0.05, 0) is 24.3 Å². The molecule has 2 aromatic rings. The standard InChI is InChI=1S/C10H9N4O.H2O4S/c1-15-9-4-2-8(3-5-9)14-7-6-10(12-11)13-14;1-5(2,3)4/h2-7H,1H3;(H2,1,2,3,4)/q+1;. The average molecular weight is 299 g/mol. The minimum absolute atomic E-state index is 0.283. The number of ether oxygens (including phenoxy) is 1. The normalized spacial score (nSPS) is 10.1. The number of hydrogen-bond donors (Lipinski definition) is 2. The fourth-order valence-corrected chi connectivity index (χ4v) is 1.25. The largest absolute Gasteiger partial charge is 0.497 e. The third-order valence-corrected chi connectivity index (χ3v) is 2.01. The van der Waals surface area contributed by atoms with Crippen LogP contribution in [0, 0.1) is 5.39 Å². The smallest absolute Gasteiger partial charge is 0.488 e. The lowest BCUT2D eigenvalue weighted by molar-refractivity contribution is 0.381. The Morgan fingerprint density at radius 2 is 1.80 bits per heavy atom. The summed E-state index contributed by atoms with van der Waals surface area (Å²) in [7, 11) is -3.05. The molecule has 0 bridgehead atoms. The van der Waals surface area contributed by atoms with Gasteiger partial charge in [-0.1, -0.05) is 0 Å². The summed E-state index contributed by atoms with van der Waals surface area (Å²) >= 11 is 0. The highest BCUT2D eigenvalue weighted by atomic mass is 32.3. The molecule has 0 unspecified atom stereocenters. The third-order valence-electron chi connectivity index (χ3n) is 2.01. The third kappa shape index (κ3) is 5.44. The van der Waals surface area contributed by atoms with Crippen LogP contribution in [-0.4, -0.2) is 34.4 Å². The Morgan fingerprint density at radius 3 is 2.20 bits per heavy atom. The predicted octanol–water partition coefficient (Wildman–Crippen LogP) is 1.71. The Labute approximate surface area is 114 Å². The second-order valence-corrected chi connectivity index (χ2v) is 4.26. The molecule has 1 heterocycles. The lowest BCUT2D eigenvalue weighted by Crippen LogP contribution is -1.93. The van der Waals surface area contributed by atoms with Crippen molar-refractivity contribution in [2.24, 2.45) is 0 Å². The molecule has 0 radical (unpaired) electrons. The number of diazo groups is 1. The van der Waals surface area contributed by atoms with Gasteiger partial charge in [-0.15, -0.1) is 4.68 Å². The van der Waals surface area contributed by atoms with Crippen LogP contribution in [0.1, 0.15) is 0 Å². The molecule has 2 rings (SSSR count). The van der Waals surface area contributed by atoms with Gasteiger partial charge in [-0.2, -0.15) is 8.42 Å². The van der Waals surface area contributed by atoms with Crippen molar-refractivity contribution in [3.63, 3.8) is 0 Å². The van der Waals surface area contributed by atoms with Crippen molar-refractivity contribution in [1.29, 1.82) is 5.39 Å². The van der Waals surface area contributed by atoms with E-state index in [-0.39, 0.29) is 5.82 Å². The van der Waals surface area contributed by atoms with Crippen LogP contribution in [0.15, 0.2) is 36.5 Å². The van der Waals surface area contributed by atoms with Crippen molar-refractivity contribution < 1.29 is 22.3 Å². The maximum Gasteiger partial charge on any atom is 0.488 e. The van der Waals surface area contributed by atoms with Gasteiger partial charge >= 0.3 is 16.2 Å². The number of aromatic nitrogens is 2. The second kappa shape index (κ2) is 6.62. The maximum absolute atomic E-state index is 8.74. The summed E-state index contributed by atoms with van der Waals surface area (Å²) in [6.45, 7) is 0. The molecule has 2 N–H and O–H groups in total. The van der Waals surface area contributed by atoms with E-state index in [0.717, 1.165) is 11.4 Å². The minimum Gasteiger partial charge on any atom is -0.497 e. The molecule has 0 spiro atoms. The van der Waals surface area contributed by atoms with Crippen molar-refractivity contribution in [2.75, 3.05) is 7.11 Å². The molecule has 1 aromatic carbocycles. The number of benzene rings is 1.